The lowest BCUT2D eigenvalue weighted by atomic mass is 9.94. The minimum absolute atomic E-state index is 0.0438. The number of hydrogen-bond donors (Lipinski definition) is 2. The molecule has 0 radical (unpaired) electrons. The average Bonchev–Trinajstić information content (AvgIpc) is 2.75. The van der Waals surface area contributed by atoms with Crippen LogP contribution in [0, 0.1) is 13.8 Å². The van der Waals surface area contributed by atoms with Crippen LogP contribution in [0.5, 0.6) is 0 Å². The van der Waals surface area contributed by atoms with Crippen molar-refractivity contribution < 1.29 is 9.59 Å². The molecule has 0 spiro atoms. The Balaban J connectivity index is 2.17. The van der Waals surface area contributed by atoms with E-state index in [-0.39, 0.29) is 17.7 Å². The number of carbonyl (C=O) groups is 2. The van der Waals surface area contributed by atoms with Crippen LogP contribution in [0.2, 0.25) is 0 Å². The zero-order chi connectivity index (χ0) is 15.6. The van der Waals surface area contributed by atoms with Crippen LogP contribution >= 0.6 is 0 Å². The van der Waals surface area contributed by atoms with Crippen LogP contribution in [0.4, 0.5) is 0 Å². The van der Waals surface area contributed by atoms with Crippen LogP contribution in [0.1, 0.15) is 71.6 Å². The lowest BCUT2D eigenvalue weighted by molar-refractivity contribution is 0.0943. The minimum Gasteiger partial charge on any atom is -0.355 e. The number of nitrogens with one attached hydrogen (secondary N) is 2. The number of hydrogen-bond acceptors (Lipinski definition) is 2. The van der Waals surface area contributed by atoms with Gasteiger partial charge in [0.2, 0.25) is 0 Å². The molecule has 4 nitrogen and oxygen atoms in total. The summed E-state index contributed by atoms with van der Waals surface area (Å²) in [5.41, 5.74) is 3.93. The Hall–Kier alpha value is -1.84. The van der Waals surface area contributed by atoms with Crippen molar-refractivity contribution in [3.8, 4) is 0 Å². The predicted octanol–water partition coefficient (Wildman–Crippen LogP) is 3.45. The molecular weight excluding hydrogens is 264 g/mol. The third kappa shape index (κ3) is 3.26. The largest absolute Gasteiger partial charge is 0.355 e. The Labute approximate surface area is 126 Å². The molecule has 1 atom stereocenters. The minimum atomic E-state index is -0.104. The van der Waals surface area contributed by atoms with Gasteiger partial charge in [-0.15, -0.1) is 0 Å². The van der Waals surface area contributed by atoms with Crippen LogP contribution in [0.3, 0.4) is 0 Å². The molecule has 2 rings (SSSR count). The summed E-state index contributed by atoms with van der Waals surface area (Å²) in [6, 6.07) is 0.0484. The van der Waals surface area contributed by atoms with Gasteiger partial charge in [0.25, 0.3) is 5.91 Å². The number of aryl methyl sites for hydroxylation is 1. The summed E-state index contributed by atoms with van der Waals surface area (Å²) in [6.45, 7) is 7.19. The topological polar surface area (TPSA) is 62.0 Å². The molecule has 0 fully saturated rings. The van der Waals surface area contributed by atoms with Gasteiger partial charge in [0.05, 0.1) is 11.3 Å². The highest BCUT2D eigenvalue weighted by atomic mass is 16.2. The zero-order valence-corrected chi connectivity index (χ0v) is 13.3. The zero-order valence-electron chi connectivity index (χ0n) is 13.3. The second-order valence-corrected chi connectivity index (χ2v) is 5.90. The van der Waals surface area contributed by atoms with E-state index in [9.17, 15) is 9.59 Å². The first-order valence-electron chi connectivity index (χ1n) is 7.61. The summed E-state index contributed by atoms with van der Waals surface area (Å²) in [5, 5.41) is 3.06. The normalized spacial score (nSPS) is 16.3. The molecule has 1 aliphatic carbocycles. The molecule has 0 saturated carbocycles. The standard InChI is InChI=1S/C17H24N2O2/c1-10-15(12(3)18-16(10)13(4)20)17(21)19-11(2)14-8-6-5-7-9-14/h8,11,18H,5-7,9H2,1-4H3,(H,19,21). The van der Waals surface area contributed by atoms with Crippen molar-refractivity contribution in [1.29, 1.82) is 0 Å². The van der Waals surface area contributed by atoms with E-state index in [2.05, 4.69) is 16.4 Å². The predicted molar refractivity (Wildman–Crippen MR) is 83.8 cm³/mol. The van der Waals surface area contributed by atoms with E-state index in [1.807, 2.05) is 20.8 Å². The third-order valence-corrected chi connectivity index (χ3v) is 4.25. The van der Waals surface area contributed by atoms with Crippen LogP contribution in [0.25, 0.3) is 0 Å². The second-order valence-electron chi connectivity index (χ2n) is 5.90. The first-order chi connectivity index (χ1) is 9.91. The molecule has 0 aliphatic heterocycles. The van der Waals surface area contributed by atoms with Gasteiger partial charge >= 0.3 is 0 Å². The molecular formula is C17H24N2O2. The maximum absolute atomic E-state index is 12.5. The van der Waals surface area contributed by atoms with Crippen LogP contribution < -0.4 is 5.32 Å². The maximum Gasteiger partial charge on any atom is 0.253 e. The third-order valence-electron chi connectivity index (χ3n) is 4.25. The van der Waals surface area contributed by atoms with E-state index >= 15 is 0 Å². The number of aromatic nitrogens is 1. The number of Topliss-reactive ketones (excluding diaryl/α,β-unsaturated/α-hetero) is 1. The van der Waals surface area contributed by atoms with Gasteiger partial charge in [-0.1, -0.05) is 11.6 Å². The fourth-order valence-corrected chi connectivity index (χ4v) is 3.06. The van der Waals surface area contributed by atoms with Gasteiger partial charge in [-0.25, -0.2) is 0 Å². The summed E-state index contributed by atoms with van der Waals surface area (Å²) >= 11 is 0. The molecule has 21 heavy (non-hydrogen) atoms. The number of ketones is 1. The Morgan fingerprint density at radius 2 is 2.00 bits per heavy atom. The van der Waals surface area contributed by atoms with Crippen molar-refractivity contribution in [1.82, 2.24) is 10.3 Å². The molecule has 0 saturated heterocycles. The molecule has 114 valence electrons. The van der Waals surface area contributed by atoms with E-state index in [4.69, 9.17) is 0 Å². The molecule has 1 aromatic heterocycles. The molecule has 1 unspecified atom stereocenters. The summed E-state index contributed by atoms with van der Waals surface area (Å²) in [5.74, 6) is -0.148. The highest BCUT2D eigenvalue weighted by Crippen LogP contribution is 2.22. The number of carbonyl (C=O) groups excluding carboxylic acids is 2. The van der Waals surface area contributed by atoms with E-state index < -0.39 is 0 Å². The highest BCUT2D eigenvalue weighted by Gasteiger charge is 2.22. The van der Waals surface area contributed by atoms with Crippen molar-refractivity contribution in [2.24, 2.45) is 0 Å². The Morgan fingerprint density at radius 1 is 1.29 bits per heavy atom. The van der Waals surface area contributed by atoms with Gasteiger partial charge in [0.15, 0.2) is 5.78 Å². The number of rotatable bonds is 4. The number of amides is 1. The highest BCUT2D eigenvalue weighted by molar-refractivity contribution is 6.02. The van der Waals surface area contributed by atoms with E-state index in [0.29, 0.717) is 11.3 Å². The molecule has 0 bridgehead atoms. The number of allylic oxidation sites excluding steroid dienone is 1. The number of H-pyrrole nitrogens is 1. The summed E-state index contributed by atoms with van der Waals surface area (Å²) in [7, 11) is 0. The van der Waals surface area contributed by atoms with Gasteiger partial charge < -0.3 is 10.3 Å². The van der Waals surface area contributed by atoms with Crippen molar-refractivity contribution in [2.75, 3.05) is 0 Å². The molecule has 0 aromatic carbocycles. The lowest BCUT2D eigenvalue weighted by Crippen LogP contribution is -2.35. The van der Waals surface area contributed by atoms with Crippen molar-refractivity contribution >= 4 is 11.7 Å². The first-order valence-corrected chi connectivity index (χ1v) is 7.61. The molecule has 4 heteroatoms. The first kappa shape index (κ1) is 15.5. The van der Waals surface area contributed by atoms with Crippen molar-refractivity contribution in [2.45, 2.75) is 59.4 Å². The van der Waals surface area contributed by atoms with Crippen molar-refractivity contribution in [3.05, 3.63) is 34.2 Å². The second kappa shape index (κ2) is 6.29. The van der Waals surface area contributed by atoms with E-state index in [0.717, 1.165) is 24.1 Å². The summed E-state index contributed by atoms with van der Waals surface area (Å²) < 4.78 is 0. The van der Waals surface area contributed by atoms with Crippen LogP contribution in [-0.2, 0) is 0 Å². The molecule has 1 amide bonds. The molecule has 1 aliphatic rings. The van der Waals surface area contributed by atoms with Gasteiger partial charge in [0.1, 0.15) is 0 Å². The van der Waals surface area contributed by atoms with Gasteiger partial charge in [-0.2, -0.15) is 0 Å². The smallest absolute Gasteiger partial charge is 0.253 e. The van der Waals surface area contributed by atoms with Gasteiger partial charge in [-0.3, -0.25) is 9.59 Å². The monoisotopic (exact) mass is 288 g/mol. The number of aromatic amines is 1. The fourth-order valence-electron chi connectivity index (χ4n) is 3.06. The molecule has 2 N–H and O–H groups in total. The fraction of sp³-hybridized carbons (Fsp3) is 0.529. The van der Waals surface area contributed by atoms with Crippen molar-refractivity contribution in [3.63, 3.8) is 0 Å². The van der Waals surface area contributed by atoms with Crippen LogP contribution in [0.15, 0.2) is 11.6 Å². The maximum atomic E-state index is 12.5. The Morgan fingerprint density at radius 3 is 2.52 bits per heavy atom. The van der Waals surface area contributed by atoms with Crippen LogP contribution in [-0.4, -0.2) is 22.7 Å². The molecule has 1 heterocycles. The Kier molecular flexibility index (Phi) is 4.66. The summed E-state index contributed by atoms with van der Waals surface area (Å²) in [4.78, 5) is 27.1. The quantitative estimate of drug-likeness (QED) is 0.658. The SMILES string of the molecule is CC(=O)c1[nH]c(C)c(C(=O)NC(C)C2=CCCCC2)c1C. The lowest BCUT2D eigenvalue weighted by Gasteiger charge is -2.21. The Bertz CT molecular complexity index is 596. The summed E-state index contributed by atoms with van der Waals surface area (Å²) in [6.07, 6.45) is 6.84. The van der Waals surface area contributed by atoms with E-state index in [1.165, 1.54) is 25.3 Å². The van der Waals surface area contributed by atoms with Gasteiger partial charge in [0, 0.05) is 18.7 Å². The van der Waals surface area contributed by atoms with E-state index in [1.54, 1.807) is 0 Å². The van der Waals surface area contributed by atoms with Gasteiger partial charge in [-0.05, 0) is 52.0 Å². The average molecular weight is 288 g/mol. The molecule has 1 aromatic rings.